The summed E-state index contributed by atoms with van der Waals surface area (Å²) in [4.78, 5) is 1.53. The van der Waals surface area contributed by atoms with Gasteiger partial charge >= 0.3 is 0 Å². The zero-order valence-electron chi connectivity index (χ0n) is 7.31. The van der Waals surface area contributed by atoms with Gasteiger partial charge in [-0.15, -0.1) is 9.90 Å². The zero-order valence-corrected chi connectivity index (χ0v) is 7.31. The van der Waals surface area contributed by atoms with Gasteiger partial charge in [0.1, 0.15) is 0 Å². The van der Waals surface area contributed by atoms with Crippen molar-refractivity contribution in [3.05, 3.63) is 36.0 Å². The molecule has 0 amide bonds. The van der Waals surface area contributed by atoms with Crippen molar-refractivity contribution in [2.45, 2.75) is 6.92 Å². The summed E-state index contributed by atoms with van der Waals surface area (Å²) in [5.41, 5.74) is 7.55. The van der Waals surface area contributed by atoms with Crippen molar-refractivity contribution in [3.8, 4) is 5.69 Å². The average molecular weight is 174 g/mol. The third-order valence-electron chi connectivity index (χ3n) is 1.84. The predicted octanol–water partition coefficient (Wildman–Crippen LogP) is 1.16. The molecule has 0 radical (unpaired) electrons. The van der Waals surface area contributed by atoms with Crippen LogP contribution in [-0.4, -0.2) is 15.0 Å². The number of aryl methyl sites for hydroxylation is 1. The highest BCUT2D eigenvalue weighted by molar-refractivity contribution is 5.38. The summed E-state index contributed by atoms with van der Waals surface area (Å²) in [6.45, 7) is 2.01. The number of hydrogen-bond acceptors (Lipinski definition) is 3. The summed E-state index contributed by atoms with van der Waals surface area (Å²) in [5, 5.41) is 8.05. The van der Waals surface area contributed by atoms with Gasteiger partial charge in [-0.1, -0.05) is 18.2 Å². The topological polar surface area (TPSA) is 56.7 Å². The highest BCUT2D eigenvalue weighted by Crippen LogP contribution is 2.10. The van der Waals surface area contributed by atoms with E-state index in [9.17, 15) is 0 Å². The molecular weight excluding hydrogens is 164 g/mol. The first-order valence-electron chi connectivity index (χ1n) is 4.01. The minimum Gasteiger partial charge on any atom is -0.381 e. The van der Waals surface area contributed by atoms with E-state index in [4.69, 9.17) is 5.73 Å². The molecule has 0 fully saturated rings. The van der Waals surface area contributed by atoms with Crippen LogP contribution in [0.4, 0.5) is 5.82 Å². The Kier molecular flexibility index (Phi) is 1.73. The number of para-hydroxylation sites is 1. The van der Waals surface area contributed by atoms with Crippen LogP contribution >= 0.6 is 0 Å². The van der Waals surface area contributed by atoms with E-state index in [0.717, 1.165) is 11.3 Å². The third kappa shape index (κ3) is 1.38. The maximum absolute atomic E-state index is 5.47. The van der Waals surface area contributed by atoms with E-state index in [2.05, 4.69) is 10.2 Å². The van der Waals surface area contributed by atoms with E-state index in [1.807, 2.05) is 31.2 Å². The Morgan fingerprint density at radius 3 is 2.69 bits per heavy atom. The summed E-state index contributed by atoms with van der Waals surface area (Å²) in [6, 6.07) is 7.89. The molecule has 0 aliphatic carbocycles. The van der Waals surface area contributed by atoms with E-state index in [0.29, 0.717) is 5.82 Å². The summed E-state index contributed by atoms with van der Waals surface area (Å²) in [7, 11) is 0. The van der Waals surface area contributed by atoms with E-state index in [1.165, 1.54) is 11.0 Å². The molecule has 1 aromatic heterocycles. The third-order valence-corrected chi connectivity index (χ3v) is 1.84. The lowest BCUT2D eigenvalue weighted by Crippen LogP contribution is -2.01. The van der Waals surface area contributed by atoms with Crippen molar-refractivity contribution >= 4 is 5.82 Å². The Morgan fingerprint density at radius 1 is 1.31 bits per heavy atom. The lowest BCUT2D eigenvalue weighted by Gasteiger charge is -2.01. The van der Waals surface area contributed by atoms with Crippen LogP contribution in [0.3, 0.4) is 0 Å². The number of nitrogens with two attached hydrogens (primary N) is 1. The molecule has 2 aromatic rings. The highest BCUT2D eigenvalue weighted by atomic mass is 15.5. The van der Waals surface area contributed by atoms with Gasteiger partial charge in [0.25, 0.3) is 0 Å². The van der Waals surface area contributed by atoms with Crippen LogP contribution in [0.2, 0.25) is 0 Å². The lowest BCUT2D eigenvalue weighted by molar-refractivity contribution is 0.749. The van der Waals surface area contributed by atoms with Crippen LogP contribution in [0.15, 0.2) is 30.5 Å². The molecule has 4 heteroatoms. The second kappa shape index (κ2) is 2.90. The van der Waals surface area contributed by atoms with Gasteiger partial charge < -0.3 is 5.73 Å². The predicted molar refractivity (Wildman–Crippen MR) is 50.5 cm³/mol. The Bertz CT molecular complexity index is 419. The number of benzene rings is 1. The second-order valence-corrected chi connectivity index (χ2v) is 2.85. The smallest absolute Gasteiger partial charge is 0.166 e. The summed E-state index contributed by atoms with van der Waals surface area (Å²) in [6.07, 6.45) is 1.53. The Labute approximate surface area is 76.0 Å². The standard InChI is InChI=1S/C9H10N4/c1-7-4-2-3-5-8(7)13-11-6-9(10)12-13/h2-6H,1H3,(H2,10,12). The monoisotopic (exact) mass is 174 g/mol. The average Bonchev–Trinajstić information content (AvgIpc) is 2.53. The molecule has 13 heavy (non-hydrogen) atoms. The number of hydrogen-bond donors (Lipinski definition) is 1. The molecule has 2 N–H and O–H groups in total. The van der Waals surface area contributed by atoms with Crippen molar-refractivity contribution in [2.24, 2.45) is 0 Å². The Balaban J connectivity index is 2.52. The Morgan fingerprint density at radius 2 is 2.08 bits per heavy atom. The lowest BCUT2D eigenvalue weighted by atomic mass is 10.2. The molecule has 1 heterocycles. The normalized spacial score (nSPS) is 10.2. The molecule has 0 saturated carbocycles. The SMILES string of the molecule is Cc1ccccc1-n1ncc(N)n1. The fourth-order valence-electron chi connectivity index (χ4n) is 1.18. The number of nitrogens with zero attached hydrogens (tertiary/aromatic N) is 3. The minimum atomic E-state index is 0.434. The molecule has 0 bridgehead atoms. The molecule has 4 nitrogen and oxygen atoms in total. The first-order chi connectivity index (χ1) is 6.27. The van der Waals surface area contributed by atoms with Gasteiger partial charge in [0.15, 0.2) is 5.82 Å². The molecule has 0 spiro atoms. The molecule has 66 valence electrons. The minimum absolute atomic E-state index is 0.434. The van der Waals surface area contributed by atoms with Crippen LogP contribution < -0.4 is 5.73 Å². The van der Waals surface area contributed by atoms with Crippen molar-refractivity contribution in [3.63, 3.8) is 0 Å². The maximum atomic E-state index is 5.47. The van der Waals surface area contributed by atoms with Crippen molar-refractivity contribution < 1.29 is 0 Å². The summed E-state index contributed by atoms with van der Waals surface area (Å²) in [5.74, 6) is 0.434. The first kappa shape index (κ1) is 7.79. The summed E-state index contributed by atoms with van der Waals surface area (Å²) >= 11 is 0. The highest BCUT2D eigenvalue weighted by Gasteiger charge is 2.01. The van der Waals surface area contributed by atoms with Crippen LogP contribution in [0.1, 0.15) is 5.56 Å². The maximum Gasteiger partial charge on any atom is 0.166 e. The molecule has 0 saturated heterocycles. The van der Waals surface area contributed by atoms with E-state index >= 15 is 0 Å². The number of rotatable bonds is 1. The molecular formula is C9H10N4. The van der Waals surface area contributed by atoms with Gasteiger partial charge in [-0.3, -0.25) is 0 Å². The number of anilines is 1. The van der Waals surface area contributed by atoms with Crippen LogP contribution in [0, 0.1) is 6.92 Å². The van der Waals surface area contributed by atoms with Crippen molar-refractivity contribution in [1.29, 1.82) is 0 Å². The summed E-state index contributed by atoms with van der Waals surface area (Å²) < 4.78 is 0. The second-order valence-electron chi connectivity index (χ2n) is 2.85. The van der Waals surface area contributed by atoms with Gasteiger partial charge in [-0.2, -0.15) is 5.10 Å². The van der Waals surface area contributed by atoms with Gasteiger partial charge in [-0.25, -0.2) is 0 Å². The molecule has 2 rings (SSSR count). The zero-order chi connectivity index (χ0) is 9.26. The number of aromatic nitrogens is 3. The van der Waals surface area contributed by atoms with Crippen molar-refractivity contribution in [1.82, 2.24) is 15.0 Å². The molecule has 0 aliphatic rings. The van der Waals surface area contributed by atoms with Gasteiger partial charge in [0.05, 0.1) is 11.9 Å². The van der Waals surface area contributed by atoms with Crippen LogP contribution in [-0.2, 0) is 0 Å². The van der Waals surface area contributed by atoms with Gasteiger partial charge in [0, 0.05) is 0 Å². The molecule has 0 aliphatic heterocycles. The first-order valence-corrected chi connectivity index (χ1v) is 4.01. The number of nitrogen functional groups attached to an aromatic ring is 1. The van der Waals surface area contributed by atoms with Crippen LogP contribution in [0.25, 0.3) is 5.69 Å². The molecule has 0 unspecified atom stereocenters. The molecule has 0 atom stereocenters. The van der Waals surface area contributed by atoms with Crippen LogP contribution in [0.5, 0.6) is 0 Å². The van der Waals surface area contributed by atoms with Crippen molar-refractivity contribution in [2.75, 3.05) is 5.73 Å². The van der Waals surface area contributed by atoms with Gasteiger partial charge in [-0.05, 0) is 18.6 Å². The van der Waals surface area contributed by atoms with Gasteiger partial charge in [0.2, 0.25) is 0 Å². The van der Waals surface area contributed by atoms with E-state index in [1.54, 1.807) is 0 Å². The van der Waals surface area contributed by atoms with E-state index < -0.39 is 0 Å². The van der Waals surface area contributed by atoms with E-state index in [-0.39, 0.29) is 0 Å². The fraction of sp³-hybridized carbons (Fsp3) is 0.111. The largest absolute Gasteiger partial charge is 0.381 e. The quantitative estimate of drug-likeness (QED) is 0.705. The molecule has 1 aromatic carbocycles. The fourth-order valence-corrected chi connectivity index (χ4v) is 1.18. The Hall–Kier alpha value is -1.84.